The largest absolute Gasteiger partial charge is 0.311 e. The first-order valence-corrected chi connectivity index (χ1v) is 33.0. The molecule has 0 N–H and O–H groups in total. The van der Waals surface area contributed by atoms with E-state index in [0.29, 0.717) is 0 Å². The van der Waals surface area contributed by atoms with E-state index in [1.807, 2.05) is 0 Å². The number of nitrogens with zero attached hydrogens (tertiary/aromatic N) is 5. The Balaban J connectivity index is 0.763. The van der Waals surface area contributed by atoms with Crippen LogP contribution in [0.15, 0.2) is 382 Å². The first-order valence-electron chi connectivity index (χ1n) is 33.0. The van der Waals surface area contributed by atoms with Crippen molar-refractivity contribution >= 4 is 90.1 Å². The predicted molar refractivity (Wildman–Crippen MR) is 401 cm³/mol. The fourth-order valence-electron chi connectivity index (χ4n) is 15.3. The third-order valence-corrected chi connectivity index (χ3v) is 19.5. The van der Waals surface area contributed by atoms with Gasteiger partial charge in [0.1, 0.15) is 0 Å². The zero-order valence-corrected chi connectivity index (χ0v) is 52.6. The Morgan fingerprint density at radius 2 is 0.479 bits per heavy atom. The highest BCUT2D eigenvalue weighted by molar-refractivity contribution is 6.13. The summed E-state index contributed by atoms with van der Waals surface area (Å²) < 4.78 is 2.54. The smallest absolute Gasteiger partial charge is 0.0756 e. The van der Waals surface area contributed by atoms with Gasteiger partial charge in [0.2, 0.25) is 0 Å². The molecule has 15 aromatic carbocycles. The number of para-hydroxylation sites is 9. The lowest BCUT2D eigenvalue weighted by Gasteiger charge is -2.40. The van der Waals surface area contributed by atoms with Gasteiger partial charge < -0.3 is 24.2 Å². The van der Waals surface area contributed by atoms with Crippen LogP contribution >= 0.6 is 0 Å². The first kappa shape index (κ1) is 56.1. The maximum absolute atomic E-state index is 2.54. The average molecular weight is 1230 g/mol. The molecule has 0 fully saturated rings. The first-order chi connectivity index (χ1) is 47.6. The average Bonchev–Trinajstić information content (AvgIpc) is 1.63. The highest BCUT2D eigenvalue weighted by Crippen LogP contribution is 2.63. The highest BCUT2D eigenvalue weighted by Gasteiger charge is 2.51. The second-order valence-corrected chi connectivity index (χ2v) is 24.8. The summed E-state index contributed by atoms with van der Waals surface area (Å²) in [6.07, 6.45) is 0. The van der Waals surface area contributed by atoms with Gasteiger partial charge in [-0.05, 0) is 213 Å². The van der Waals surface area contributed by atoms with Gasteiger partial charge in [0.25, 0.3) is 0 Å². The quantitative estimate of drug-likeness (QED) is 0.108. The summed E-state index contributed by atoms with van der Waals surface area (Å²) in [5.74, 6) is 0. The molecule has 1 aromatic heterocycles. The Hall–Kier alpha value is -12.7. The topological polar surface area (TPSA) is 17.9 Å². The van der Waals surface area contributed by atoms with E-state index in [1.54, 1.807) is 0 Å². The lowest BCUT2D eigenvalue weighted by Crippen LogP contribution is -2.33. The van der Waals surface area contributed by atoms with Gasteiger partial charge in [-0.2, -0.15) is 0 Å². The van der Waals surface area contributed by atoms with E-state index >= 15 is 0 Å². The Morgan fingerprint density at radius 1 is 0.198 bits per heavy atom. The van der Waals surface area contributed by atoms with Crippen molar-refractivity contribution in [2.75, 3.05) is 19.6 Å². The van der Waals surface area contributed by atoms with Gasteiger partial charge in [0.15, 0.2) is 0 Å². The molecule has 1 aliphatic carbocycles. The van der Waals surface area contributed by atoms with E-state index in [-0.39, 0.29) is 0 Å². The molecule has 1 aliphatic heterocycles. The van der Waals surface area contributed by atoms with E-state index in [0.717, 1.165) is 90.5 Å². The molecule has 0 unspecified atom stereocenters. The van der Waals surface area contributed by atoms with E-state index in [9.17, 15) is 0 Å². The molecule has 0 radical (unpaired) electrons. The summed E-state index contributed by atoms with van der Waals surface area (Å²) >= 11 is 0. The lowest BCUT2D eigenvalue weighted by molar-refractivity contribution is 0.748. The molecule has 18 rings (SSSR count). The molecular weight excluding hydrogens is 1160 g/mol. The molecule has 2 aliphatic rings. The van der Waals surface area contributed by atoms with Crippen LogP contribution < -0.4 is 19.6 Å². The minimum atomic E-state index is -0.749. The Kier molecular flexibility index (Phi) is 13.7. The van der Waals surface area contributed by atoms with Crippen LogP contribution in [0.1, 0.15) is 22.3 Å². The third kappa shape index (κ3) is 9.31. The lowest BCUT2D eigenvalue weighted by atomic mass is 9.65. The van der Waals surface area contributed by atoms with Crippen LogP contribution in [0.25, 0.3) is 60.9 Å². The minimum absolute atomic E-state index is 0.749. The van der Waals surface area contributed by atoms with Crippen LogP contribution in [0.2, 0.25) is 0 Å². The van der Waals surface area contributed by atoms with Crippen molar-refractivity contribution in [3.05, 3.63) is 404 Å². The van der Waals surface area contributed by atoms with Crippen molar-refractivity contribution in [1.29, 1.82) is 0 Å². The molecule has 0 bridgehead atoms. The Bertz CT molecular complexity index is 5150. The summed E-state index contributed by atoms with van der Waals surface area (Å²) in [5.41, 5.74) is 28.0. The zero-order valence-electron chi connectivity index (χ0n) is 52.6. The van der Waals surface area contributed by atoms with Gasteiger partial charge in [-0.25, -0.2) is 0 Å². The molecule has 1 spiro atoms. The molecule has 0 saturated carbocycles. The van der Waals surface area contributed by atoms with Gasteiger partial charge >= 0.3 is 0 Å². The second-order valence-electron chi connectivity index (χ2n) is 24.8. The van der Waals surface area contributed by atoms with Crippen molar-refractivity contribution in [2.45, 2.75) is 5.41 Å². The zero-order chi connectivity index (χ0) is 63.5. The molecule has 16 aromatic rings. The predicted octanol–water partition coefficient (Wildman–Crippen LogP) is 24.7. The number of fused-ring (bicyclic) bond motifs is 12. The third-order valence-electron chi connectivity index (χ3n) is 19.5. The van der Waals surface area contributed by atoms with Crippen LogP contribution in [0.5, 0.6) is 0 Å². The van der Waals surface area contributed by atoms with E-state index in [1.165, 1.54) is 60.9 Å². The Labute approximate surface area is 559 Å². The molecular formula is C91H63N5. The van der Waals surface area contributed by atoms with Gasteiger partial charge in [0.05, 0.1) is 22.1 Å². The SMILES string of the molecule is c1ccc(N(c2ccccc2)c2ccc(-c3ccc(N(c4ccccc4)c4ccc5c(c4)C4(c6cc(N(c7ccccc7)c7ccc(-c8ccc(N(c9ccccc9)c9ccccc9)cc8)cc7)ccc6-5)c5ccccc5-n5c6ccccc6c6cccc4c65)cc3)cc2)cc1. The fourth-order valence-corrected chi connectivity index (χ4v) is 15.3. The standard InChI is InChI=1S/C91H63N5/c1-7-24-68(25-8-1)92(69-26-9-2-10-27-69)74-50-42-64(43-51-74)66-46-54-76(55-47-66)94(72-32-15-5-16-33-72)78-58-60-80-81-61-59-79(63-87(81)91(86(80)62-78)84-38-20-22-41-89(84)96-88-40-21-19-36-82(88)83-37-23-39-85(91)90(83)96)95(73-34-17-6-18-35-73)77-56-48-67(49-57-77)65-44-52-75(53-45-65)93(70-28-11-3-12-29-70)71-30-13-4-14-31-71/h1-63H. The molecule has 0 amide bonds. The van der Waals surface area contributed by atoms with Crippen molar-refractivity contribution in [3.8, 4) is 39.1 Å². The number of aromatic nitrogens is 1. The van der Waals surface area contributed by atoms with Crippen molar-refractivity contribution in [2.24, 2.45) is 0 Å². The van der Waals surface area contributed by atoms with Crippen molar-refractivity contribution in [1.82, 2.24) is 4.57 Å². The van der Waals surface area contributed by atoms with Crippen molar-refractivity contribution in [3.63, 3.8) is 0 Å². The molecule has 96 heavy (non-hydrogen) atoms. The van der Waals surface area contributed by atoms with Gasteiger partial charge in [-0.15, -0.1) is 0 Å². The number of hydrogen-bond donors (Lipinski definition) is 0. The number of anilines is 12. The number of rotatable bonds is 14. The number of benzene rings is 15. The van der Waals surface area contributed by atoms with Crippen molar-refractivity contribution < 1.29 is 0 Å². The van der Waals surface area contributed by atoms with Gasteiger partial charge in [-0.3, -0.25) is 0 Å². The summed E-state index contributed by atoms with van der Waals surface area (Å²) in [7, 11) is 0. The summed E-state index contributed by atoms with van der Waals surface area (Å²) in [5, 5.41) is 2.49. The molecule has 5 heteroatoms. The van der Waals surface area contributed by atoms with Crippen LogP contribution in [-0.2, 0) is 5.41 Å². The van der Waals surface area contributed by atoms with Crippen LogP contribution in [0.3, 0.4) is 0 Å². The molecule has 5 nitrogen and oxygen atoms in total. The van der Waals surface area contributed by atoms with Crippen LogP contribution in [0.4, 0.5) is 68.2 Å². The number of hydrogen-bond acceptors (Lipinski definition) is 4. The second kappa shape index (κ2) is 23.5. The molecule has 2 heterocycles. The summed E-state index contributed by atoms with van der Waals surface area (Å²) in [4.78, 5) is 9.47. The summed E-state index contributed by atoms with van der Waals surface area (Å²) in [6, 6.07) is 140. The van der Waals surface area contributed by atoms with E-state index < -0.39 is 5.41 Å². The maximum atomic E-state index is 2.54. The normalized spacial score (nSPS) is 12.2. The monoisotopic (exact) mass is 1230 g/mol. The van der Waals surface area contributed by atoms with Gasteiger partial charge in [0, 0.05) is 79.0 Å². The van der Waals surface area contributed by atoms with Crippen LogP contribution in [-0.4, -0.2) is 4.57 Å². The molecule has 452 valence electrons. The summed E-state index contributed by atoms with van der Waals surface area (Å²) in [6.45, 7) is 0. The van der Waals surface area contributed by atoms with E-state index in [2.05, 4.69) is 406 Å². The maximum Gasteiger partial charge on any atom is 0.0756 e. The Morgan fingerprint density at radius 3 is 0.854 bits per heavy atom. The molecule has 0 atom stereocenters. The van der Waals surface area contributed by atoms with Gasteiger partial charge in [-0.1, -0.05) is 224 Å². The van der Waals surface area contributed by atoms with Crippen LogP contribution in [0, 0.1) is 0 Å². The van der Waals surface area contributed by atoms with E-state index in [4.69, 9.17) is 0 Å². The fraction of sp³-hybridized carbons (Fsp3) is 0.0110. The minimum Gasteiger partial charge on any atom is -0.311 e. The molecule has 0 saturated heterocycles. The highest BCUT2D eigenvalue weighted by atomic mass is 15.2.